The fourth-order valence-electron chi connectivity index (χ4n) is 0.950. The van der Waals surface area contributed by atoms with Crippen LogP contribution in [0.4, 0.5) is 0 Å². The highest BCUT2D eigenvalue weighted by atomic mass is 16.3. The number of hydrogen-bond acceptors (Lipinski definition) is 3. The predicted octanol–water partition coefficient (Wildman–Crippen LogP) is 0.119. The van der Waals surface area contributed by atoms with E-state index in [4.69, 9.17) is 5.11 Å². The summed E-state index contributed by atoms with van der Waals surface area (Å²) in [5, 5.41) is 14.9. The molecule has 4 heteroatoms. The summed E-state index contributed by atoms with van der Waals surface area (Å²) in [6, 6.07) is 0. The molecule has 1 unspecified atom stereocenters. The highest BCUT2D eigenvalue weighted by Crippen LogP contribution is 2.02. The Morgan fingerprint density at radius 2 is 2.07 bits per heavy atom. The second kappa shape index (κ2) is 5.98. The first kappa shape index (κ1) is 13.4. The summed E-state index contributed by atoms with van der Waals surface area (Å²) >= 11 is 0. The van der Waals surface area contributed by atoms with Gasteiger partial charge in [0.2, 0.25) is 5.91 Å². The molecule has 0 aromatic rings. The van der Waals surface area contributed by atoms with Crippen LogP contribution in [0.25, 0.3) is 0 Å². The normalized spacial score (nSPS) is 13.8. The van der Waals surface area contributed by atoms with Crippen LogP contribution in [0.15, 0.2) is 0 Å². The van der Waals surface area contributed by atoms with E-state index in [0.717, 1.165) is 6.54 Å². The van der Waals surface area contributed by atoms with Crippen molar-refractivity contribution in [2.24, 2.45) is 5.92 Å². The van der Waals surface area contributed by atoms with E-state index < -0.39 is 5.54 Å². The average Bonchev–Trinajstić information content (AvgIpc) is 2.13. The molecule has 1 amide bonds. The zero-order chi connectivity index (χ0) is 11.2. The molecule has 0 aromatic heterocycles. The fraction of sp³-hybridized carbons (Fsp3) is 0.900. The van der Waals surface area contributed by atoms with Gasteiger partial charge in [-0.2, -0.15) is 0 Å². The monoisotopic (exact) mass is 202 g/mol. The highest BCUT2D eigenvalue weighted by Gasteiger charge is 2.22. The Morgan fingerprint density at radius 3 is 2.50 bits per heavy atom. The average molecular weight is 202 g/mol. The highest BCUT2D eigenvalue weighted by molar-refractivity contribution is 5.79. The van der Waals surface area contributed by atoms with Gasteiger partial charge in [-0.1, -0.05) is 13.8 Å². The minimum Gasteiger partial charge on any atom is -0.394 e. The Balaban J connectivity index is 3.95. The van der Waals surface area contributed by atoms with Gasteiger partial charge in [0.15, 0.2) is 0 Å². The minimum atomic E-state index is -0.530. The van der Waals surface area contributed by atoms with E-state index in [1.807, 2.05) is 13.8 Å². The number of aliphatic hydroxyl groups excluding tert-OH is 1. The van der Waals surface area contributed by atoms with Crippen LogP contribution in [-0.4, -0.2) is 36.2 Å². The van der Waals surface area contributed by atoms with Crippen LogP contribution in [0, 0.1) is 5.92 Å². The van der Waals surface area contributed by atoms with Crippen molar-refractivity contribution in [3.05, 3.63) is 0 Å². The number of amides is 1. The van der Waals surface area contributed by atoms with E-state index in [1.165, 1.54) is 0 Å². The molecule has 1 atom stereocenters. The van der Waals surface area contributed by atoms with Crippen molar-refractivity contribution in [1.82, 2.24) is 10.6 Å². The van der Waals surface area contributed by atoms with Gasteiger partial charge in [-0.15, -0.1) is 0 Å². The fourth-order valence-corrected chi connectivity index (χ4v) is 0.950. The second-order valence-corrected chi connectivity index (χ2v) is 4.24. The van der Waals surface area contributed by atoms with E-state index >= 15 is 0 Å². The molecule has 0 aromatic carbocycles. The van der Waals surface area contributed by atoms with Crippen molar-refractivity contribution >= 4 is 5.91 Å². The summed E-state index contributed by atoms with van der Waals surface area (Å²) in [6.45, 7) is 8.95. The summed E-state index contributed by atoms with van der Waals surface area (Å²) in [7, 11) is 0. The van der Waals surface area contributed by atoms with Crippen molar-refractivity contribution in [2.45, 2.75) is 33.2 Å². The summed E-state index contributed by atoms with van der Waals surface area (Å²) in [6.07, 6.45) is 0. The number of hydrogen-bond donors (Lipinski definition) is 3. The minimum absolute atomic E-state index is 0.0231. The van der Waals surface area contributed by atoms with Crippen LogP contribution in [0.5, 0.6) is 0 Å². The molecule has 0 aliphatic carbocycles. The lowest BCUT2D eigenvalue weighted by Gasteiger charge is -2.25. The first-order valence-electron chi connectivity index (χ1n) is 5.06. The zero-order valence-corrected chi connectivity index (χ0v) is 9.55. The lowest BCUT2D eigenvalue weighted by Crippen LogP contribution is -2.49. The molecule has 84 valence electrons. The van der Waals surface area contributed by atoms with Gasteiger partial charge >= 0.3 is 0 Å². The Kier molecular flexibility index (Phi) is 5.72. The molecule has 3 N–H and O–H groups in total. The third-order valence-corrected chi connectivity index (χ3v) is 2.00. The van der Waals surface area contributed by atoms with Gasteiger partial charge in [0.25, 0.3) is 0 Å². The predicted molar refractivity (Wildman–Crippen MR) is 57.0 cm³/mol. The van der Waals surface area contributed by atoms with Crippen molar-refractivity contribution in [2.75, 3.05) is 19.7 Å². The molecule has 0 saturated carbocycles. The van der Waals surface area contributed by atoms with Gasteiger partial charge in [0.1, 0.15) is 0 Å². The maximum atomic E-state index is 11.6. The maximum absolute atomic E-state index is 11.6. The van der Waals surface area contributed by atoms with Gasteiger partial charge in [0, 0.05) is 12.5 Å². The van der Waals surface area contributed by atoms with E-state index in [2.05, 4.69) is 10.6 Å². The molecule has 14 heavy (non-hydrogen) atoms. The Bertz CT molecular complexity index is 181. The Hall–Kier alpha value is -0.610. The van der Waals surface area contributed by atoms with Crippen LogP contribution >= 0.6 is 0 Å². The number of aliphatic hydroxyl groups is 1. The largest absolute Gasteiger partial charge is 0.394 e. The van der Waals surface area contributed by atoms with Crippen molar-refractivity contribution in [1.29, 1.82) is 0 Å². The number of rotatable bonds is 6. The van der Waals surface area contributed by atoms with Crippen molar-refractivity contribution in [3.8, 4) is 0 Å². The molecule has 0 bridgehead atoms. The SMILES string of the molecule is CCNCC(C)C(=O)NC(C)(C)CO. The lowest BCUT2D eigenvalue weighted by atomic mass is 10.0. The van der Waals surface area contributed by atoms with Gasteiger partial charge in [-0.25, -0.2) is 0 Å². The molecule has 0 radical (unpaired) electrons. The lowest BCUT2D eigenvalue weighted by molar-refractivity contribution is -0.126. The maximum Gasteiger partial charge on any atom is 0.224 e. The molecule has 4 nitrogen and oxygen atoms in total. The topological polar surface area (TPSA) is 61.4 Å². The van der Waals surface area contributed by atoms with Gasteiger partial charge in [0.05, 0.1) is 12.1 Å². The van der Waals surface area contributed by atoms with Crippen molar-refractivity contribution < 1.29 is 9.90 Å². The van der Waals surface area contributed by atoms with E-state index in [9.17, 15) is 4.79 Å². The molecular weight excluding hydrogens is 180 g/mol. The number of nitrogens with one attached hydrogen (secondary N) is 2. The summed E-state index contributed by atoms with van der Waals surface area (Å²) < 4.78 is 0. The van der Waals surface area contributed by atoms with Gasteiger partial charge in [-0.3, -0.25) is 4.79 Å². The van der Waals surface area contributed by atoms with Crippen LogP contribution in [-0.2, 0) is 4.79 Å². The van der Waals surface area contributed by atoms with E-state index in [-0.39, 0.29) is 18.4 Å². The zero-order valence-electron chi connectivity index (χ0n) is 9.55. The number of carbonyl (C=O) groups excluding carboxylic acids is 1. The molecule has 0 fully saturated rings. The quantitative estimate of drug-likeness (QED) is 0.573. The molecular formula is C10H22N2O2. The molecule has 0 aliphatic rings. The van der Waals surface area contributed by atoms with Crippen LogP contribution in [0.2, 0.25) is 0 Å². The van der Waals surface area contributed by atoms with Gasteiger partial charge in [-0.05, 0) is 20.4 Å². The van der Waals surface area contributed by atoms with Crippen LogP contribution < -0.4 is 10.6 Å². The first-order valence-corrected chi connectivity index (χ1v) is 5.06. The summed E-state index contributed by atoms with van der Waals surface area (Å²) in [5.41, 5.74) is -0.530. The molecule has 0 spiro atoms. The van der Waals surface area contributed by atoms with E-state index in [1.54, 1.807) is 13.8 Å². The Morgan fingerprint density at radius 1 is 1.50 bits per heavy atom. The van der Waals surface area contributed by atoms with Gasteiger partial charge < -0.3 is 15.7 Å². The molecule has 0 saturated heterocycles. The van der Waals surface area contributed by atoms with E-state index in [0.29, 0.717) is 6.54 Å². The molecule has 0 rings (SSSR count). The third kappa shape index (κ3) is 5.19. The summed E-state index contributed by atoms with van der Waals surface area (Å²) in [5.74, 6) is -0.0919. The second-order valence-electron chi connectivity index (χ2n) is 4.24. The van der Waals surface area contributed by atoms with Crippen LogP contribution in [0.3, 0.4) is 0 Å². The third-order valence-electron chi connectivity index (χ3n) is 2.00. The Labute approximate surface area is 86.1 Å². The molecule has 0 heterocycles. The first-order chi connectivity index (χ1) is 6.43. The smallest absolute Gasteiger partial charge is 0.224 e. The summed E-state index contributed by atoms with van der Waals surface area (Å²) in [4.78, 5) is 11.6. The number of carbonyl (C=O) groups is 1. The van der Waals surface area contributed by atoms with Crippen LogP contribution in [0.1, 0.15) is 27.7 Å². The molecule has 0 aliphatic heterocycles. The standard InChI is InChI=1S/C10H22N2O2/c1-5-11-6-8(2)9(14)12-10(3,4)7-13/h8,11,13H,5-7H2,1-4H3,(H,12,14). The van der Waals surface area contributed by atoms with Crippen molar-refractivity contribution in [3.63, 3.8) is 0 Å².